The molecule has 0 atom stereocenters. The Balaban J connectivity index is 2.41. The van der Waals surface area contributed by atoms with Crippen LogP contribution in [0.4, 0.5) is 18.9 Å². The minimum Gasteiger partial charge on any atom is -0.249 e. The summed E-state index contributed by atoms with van der Waals surface area (Å²) in [4.78, 5) is 7.57. The second-order valence-corrected chi connectivity index (χ2v) is 4.09. The summed E-state index contributed by atoms with van der Waals surface area (Å²) in [6.07, 6.45) is -4.37. The number of thiazole rings is 1. The highest BCUT2D eigenvalue weighted by molar-refractivity contribution is 7.16. The molecule has 6 heteroatoms. The first-order valence-electron chi connectivity index (χ1n) is 4.42. The number of benzene rings is 1. The smallest absolute Gasteiger partial charge is 0.249 e. The third kappa shape index (κ3) is 2.21. The summed E-state index contributed by atoms with van der Waals surface area (Å²) < 4.78 is 37.6. The van der Waals surface area contributed by atoms with Crippen LogP contribution in [0.25, 0.3) is 10.2 Å². The molecule has 16 heavy (non-hydrogen) atoms. The van der Waals surface area contributed by atoms with E-state index < -0.39 is 11.9 Å². The second kappa shape index (κ2) is 3.86. The molecule has 2 rings (SSSR count). The Bertz CT molecular complexity index is 542. The molecule has 0 saturated carbocycles. The summed E-state index contributed by atoms with van der Waals surface area (Å²) in [5.74, 6) is 0. The molecule has 0 bridgehead atoms. The molecule has 0 radical (unpaired) electrons. The summed E-state index contributed by atoms with van der Waals surface area (Å²) in [7, 11) is 0. The first-order chi connectivity index (χ1) is 7.47. The van der Waals surface area contributed by atoms with Gasteiger partial charge in [-0.2, -0.15) is 13.2 Å². The van der Waals surface area contributed by atoms with Crippen LogP contribution < -0.4 is 0 Å². The van der Waals surface area contributed by atoms with E-state index in [2.05, 4.69) is 9.98 Å². The zero-order valence-corrected chi connectivity index (χ0v) is 9.06. The Labute approximate surface area is 93.5 Å². The van der Waals surface area contributed by atoms with Crippen LogP contribution in [-0.2, 0) is 0 Å². The van der Waals surface area contributed by atoms with Crippen molar-refractivity contribution in [1.29, 1.82) is 0 Å². The van der Waals surface area contributed by atoms with Crippen molar-refractivity contribution in [2.24, 2.45) is 4.99 Å². The summed E-state index contributed by atoms with van der Waals surface area (Å²) in [6.45, 7) is 0.955. The Kier molecular flexibility index (Phi) is 2.67. The van der Waals surface area contributed by atoms with Crippen LogP contribution >= 0.6 is 11.3 Å². The number of fused-ring (bicyclic) bond motifs is 1. The first kappa shape index (κ1) is 11.1. The predicted octanol–water partition coefficient (Wildman–Crippen LogP) is 3.95. The van der Waals surface area contributed by atoms with Crippen molar-refractivity contribution < 1.29 is 13.2 Å². The number of rotatable bonds is 1. The van der Waals surface area contributed by atoms with Crippen LogP contribution in [0.15, 0.2) is 28.7 Å². The fraction of sp³-hybridized carbons (Fsp3) is 0.200. The van der Waals surface area contributed by atoms with Gasteiger partial charge in [0.1, 0.15) is 5.71 Å². The molecule has 84 valence electrons. The van der Waals surface area contributed by atoms with Crippen LogP contribution in [0.1, 0.15) is 6.92 Å². The third-order valence-electron chi connectivity index (χ3n) is 2.02. The Morgan fingerprint density at radius 1 is 1.38 bits per heavy atom. The maximum absolute atomic E-state index is 12.2. The van der Waals surface area contributed by atoms with Crippen molar-refractivity contribution in [3.05, 3.63) is 23.7 Å². The molecule has 0 aliphatic rings. The van der Waals surface area contributed by atoms with Gasteiger partial charge in [-0.05, 0) is 25.1 Å². The lowest BCUT2D eigenvalue weighted by Gasteiger charge is -2.04. The quantitative estimate of drug-likeness (QED) is 0.697. The summed E-state index contributed by atoms with van der Waals surface area (Å²) in [5, 5.41) is 0. The Hall–Kier alpha value is -1.43. The Morgan fingerprint density at radius 3 is 2.81 bits per heavy atom. The van der Waals surface area contributed by atoms with E-state index in [0.29, 0.717) is 5.69 Å². The number of aromatic nitrogens is 1. The molecule has 0 unspecified atom stereocenters. The van der Waals surface area contributed by atoms with Crippen molar-refractivity contribution in [3.8, 4) is 0 Å². The summed E-state index contributed by atoms with van der Waals surface area (Å²) in [5.41, 5.74) is 1.87. The molecule has 1 heterocycles. The third-order valence-corrected chi connectivity index (χ3v) is 2.81. The first-order valence-corrected chi connectivity index (χ1v) is 5.30. The molecule has 0 amide bonds. The van der Waals surface area contributed by atoms with Gasteiger partial charge in [-0.15, -0.1) is 11.3 Å². The van der Waals surface area contributed by atoms with Crippen LogP contribution in [0.2, 0.25) is 0 Å². The van der Waals surface area contributed by atoms with E-state index in [1.165, 1.54) is 17.4 Å². The zero-order chi connectivity index (χ0) is 11.8. The number of halogens is 3. The number of nitrogens with zero attached hydrogens (tertiary/aromatic N) is 2. The molecule has 1 aromatic heterocycles. The molecule has 2 nitrogen and oxygen atoms in total. The van der Waals surface area contributed by atoms with Gasteiger partial charge in [0.15, 0.2) is 0 Å². The summed E-state index contributed by atoms with van der Waals surface area (Å²) in [6, 6.07) is 4.79. The van der Waals surface area contributed by atoms with Gasteiger partial charge >= 0.3 is 6.18 Å². The molecule has 1 aromatic carbocycles. The minimum absolute atomic E-state index is 0.298. The number of aliphatic imine (C=N–C) groups is 1. The number of alkyl halides is 3. The molecule has 2 aromatic rings. The molecule has 0 aliphatic heterocycles. The second-order valence-electron chi connectivity index (χ2n) is 3.20. The maximum atomic E-state index is 12.2. The van der Waals surface area contributed by atoms with Crippen molar-refractivity contribution in [1.82, 2.24) is 4.98 Å². The van der Waals surface area contributed by atoms with E-state index >= 15 is 0 Å². The van der Waals surface area contributed by atoms with E-state index in [4.69, 9.17) is 0 Å². The van der Waals surface area contributed by atoms with Gasteiger partial charge in [-0.1, -0.05) is 0 Å². The SMILES string of the molecule is CC(=Nc1ccc2ncsc2c1)C(F)(F)F. The van der Waals surface area contributed by atoms with Gasteiger partial charge in [0.2, 0.25) is 0 Å². The fourth-order valence-electron chi connectivity index (χ4n) is 1.17. The van der Waals surface area contributed by atoms with E-state index in [0.717, 1.165) is 17.1 Å². The van der Waals surface area contributed by atoms with Gasteiger partial charge in [-0.25, -0.2) is 9.98 Å². The predicted molar refractivity (Wildman–Crippen MR) is 58.4 cm³/mol. The Morgan fingerprint density at radius 2 is 2.12 bits per heavy atom. The summed E-state index contributed by atoms with van der Waals surface area (Å²) >= 11 is 1.37. The van der Waals surface area contributed by atoms with E-state index in [9.17, 15) is 13.2 Å². The van der Waals surface area contributed by atoms with Gasteiger partial charge in [-0.3, -0.25) is 0 Å². The molecular formula is C10H7F3N2S. The molecule has 0 aliphatic carbocycles. The zero-order valence-electron chi connectivity index (χ0n) is 8.25. The van der Waals surface area contributed by atoms with Crippen LogP contribution in [0.3, 0.4) is 0 Å². The van der Waals surface area contributed by atoms with Crippen LogP contribution in [0.5, 0.6) is 0 Å². The molecule has 0 N–H and O–H groups in total. The standard InChI is InChI=1S/C10H7F3N2S/c1-6(10(11,12)13)15-7-2-3-8-9(4-7)16-5-14-8/h2-5H,1H3. The monoisotopic (exact) mass is 244 g/mol. The van der Waals surface area contributed by atoms with E-state index in [1.807, 2.05) is 0 Å². The van der Waals surface area contributed by atoms with Gasteiger partial charge in [0.05, 0.1) is 21.4 Å². The fourth-order valence-corrected chi connectivity index (χ4v) is 1.88. The highest BCUT2D eigenvalue weighted by Gasteiger charge is 2.31. The van der Waals surface area contributed by atoms with Crippen LogP contribution in [0, 0.1) is 0 Å². The van der Waals surface area contributed by atoms with Gasteiger partial charge in [0.25, 0.3) is 0 Å². The largest absolute Gasteiger partial charge is 0.429 e. The van der Waals surface area contributed by atoms with Crippen molar-refractivity contribution >= 4 is 33.0 Å². The number of hydrogen-bond acceptors (Lipinski definition) is 3. The van der Waals surface area contributed by atoms with Gasteiger partial charge < -0.3 is 0 Å². The average molecular weight is 244 g/mol. The van der Waals surface area contributed by atoms with Crippen molar-refractivity contribution in [2.75, 3.05) is 0 Å². The maximum Gasteiger partial charge on any atom is 0.429 e. The minimum atomic E-state index is -4.37. The molecule has 0 fully saturated rings. The number of hydrogen-bond donors (Lipinski definition) is 0. The topological polar surface area (TPSA) is 25.2 Å². The van der Waals surface area contributed by atoms with E-state index in [1.54, 1.807) is 17.6 Å². The van der Waals surface area contributed by atoms with Gasteiger partial charge in [0, 0.05) is 0 Å². The average Bonchev–Trinajstić information content (AvgIpc) is 2.63. The lowest BCUT2D eigenvalue weighted by Crippen LogP contribution is -2.18. The molecular weight excluding hydrogens is 237 g/mol. The molecule has 0 spiro atoms. The van der Waals surface area contributed by atoms with E-state index in [-0.39, 0.29) is 0 Å². The lowest BCUT2D eigenvalue weighted by atomic mass is 10.3. The highest BCUT2D eigenvalue weighted by atomic mass is 32.1. The normalized spacial score (nSPS) is 13.4. The van der Waals surface area contributed by atoms with Crippen molar-refractivity contribution in [2.45, 2.75) is 13.1 Å². The highest BCUT2D eigenvalue weighted by Crippen LogP contribution is 2.26. The molecule has 0 saturated heterocycles. The van der Waals surface area contributed by atoms with Crippen LogP contribution in [-0.4, -0.2) is 16.9 Å². The van der Waals surface area contributed by atoms with Crippen molar-refractivity contribution in [3.63, 3.8) is 0 Å². The lowest BCUT2D eigenvalue weighted by molar-refractivity contribution is -0.0591.